The fourth-order valence-electron chi connectivity index (χ4n) is 5.97. The standard InChI is InChI=1S/C28H50N2O4/c1-21-25-19-17-23(29-21)13-9-5-3-8-12-16-28(32)34-26-20-18-24(30-22(26)2)14-10-6-4-7-11-15-27(31)33-25/h21-26,29-30H,3-20H2,1-2H3/t21-,22?,23+,24+,25-,26-/m0/s1. The molecular weight excluding hydrogens is 428 g/mol. The molecule has 0 amide bonds. The van der Waals surface area contributed by atoms with E-state index in [-0.39, 0.29) is 36.2 Å². The average Bonchev–Trinajstić information content (AvgIpc) is 2.80. The van der Waals surface area contributed by atoms with Crippen LogP contribution in [0.15, 0.2) is 0 Å². The summed E-state index contributed by atoms with van der Waals surface area (Å²) in [6.45, 7) is 4.31. The highest BCUT2D eigenvalue weighted by Crippen LogP contribution is 2.23. The van der Waals surface area contributed by atoms with E-state index in [4.69, 9.17) is 9.47 Å². The lowest BCUT2D eigenvalue weighted by molar-refractivity contribution is -0.153. The van der Waals surface area contributed by atoms with E-state index in [1.54, 1.807) is 0 Å². The van der Waals surface area contributed by atoms with Gasteiger partial charge >= 0.3 is 11.9 Å². The average molecular weight is 479 g/mol. The minimum absolute atomic E-state index is 0.0193. The molecule has 4 bridgehead atoms. The van der Waals surface area contributed by atoms with Gasteiger partial charge in [0.15, 0.2) is 0 Å². The van der Waals surface area contributed by atoms with Gasteiger partial charge in [-0.25, -0.2) is 0 Å². The first kappa shape index (κ1) is 27.4. The van der Waals surface area contributed by atoms with E-state index in [2.05, 4.69) is 24.5 Å². The van der Waals surface area contributed by atoms with Crippen molar-refractivity contribution in [1.29, 1.82) is 0 Å². The monoisotopic (exact) mass is 478 g/mol. The second-order valence-electron chi connectivity index (χ2n) is 11.1. The molecule has 2 N–H and O–H groups in total. The minimum Gasteiger partial charge on any atom is -0.461 e. The number of rotatable bonds is 0. The van der Waals surface area contributed by atoms with Crippen molar-refractivity contribution in [1.82, 2.24) is 10.6 Å². The van der Waals surface area contributed by atoms with Crippen molar-refractivity contribution < 1.29 is 19.1 Å². The van der Waals surface area contributed by atoms with Crippen LogP contribution in [-0.2, 0) is 19.1 Å². The zero-order valence-electron chi connectivity index (χ0n) is 21.8. The maximum atomic E-state index is 12.3. The smallest absolute Gasteiger partial charge is 0.306 e. The number of ether oxygens (including phenoxy) is 2. The van der Waals surface area contributed by atoms with E-state index in [1.165, 1.54) is 51.4 Å². The van der Waals surface area contributed by atoms with E-state index in [1.807, 2.05) is 0 Å². The van der Waals surface area contributed by atoms with Gasteiger partial charge in [-0.05, 0) is 65.2 Å². The first-order chi connectivity index (χ1) is 16.5. The summed E-state index contributed by atoms with van der Waals surface area (Å²) in [6.07, 6.45) is 18.9. The van der Waals surface area contributed by atoms with E-state index in [9.17, 15) is 9.59 Å². The lowest BCUT2D eigenvalue weighted by atomic mass is 9.92. The van der Waals surface area contributed by atoms with E-state index in [0.717, 1.165) is 51.4 Å². The van der Waals surface area contributed by atoms with Crippen molar-refractivity contribution in [3.63, 3.8) is 0 Å². The van der Waals surface area contributed by atoms with Crippen LogP contribution in [-0.4, -0.2) is 48.3 Å². The van der Waals surface area contributed by atoms with Gasteiger partial charge in [-0.15, -0.1) is 0 Å². The topological polar surface area (TPSA) is 76.7 Å². The maximum Gasteiger partial charge on any atom is 0.306 e. The summed E-state index contributed by atoms with van der Waals surface area (Å²) in [5.41, 5.74) is 0. The second-order valence-corrected chi connectivity index (χ2v) is 11.1. The van der Waals surface area contributed by atoms with Crippen molar-refractivity contribution in [3.05, 3.63) is 0 Å². The molecule has 6 aliphatic rings. The van der Waals surface area contributed by atoms with Gasteiger partial charge in [0.2, 0.25) is 0 Å². The van der Waals surface area contributed by atoms with Crippen LogP contribution in [0.4, 0.5) is 0 Å². The highest BCUT2D eigenvalue weighted by molar-refractivity contribution is 5.69. The van der Waals surface area contributed by atoms with Crippen LogP contribution in [0, 0.1) is 0 Å². The highest BCUT2D eigenvalue weighted by Gasteiger charge is 2.30. The highest BCUT2D eigenvalue weighted by atomic mass is 16.5. The Kier molecular flexibility index (Phi) is 12.2. The van der Waals surface area contributed by atoms with Gasteiger partial charge in [0.1, 0.15) is 12.2 Å². The third kappa shape index (κ3) is 9.85. The Morgan fingerprint density at radius 1 is 0.529 bits per heavy atom. The SMILES string of the molecule is CC1N[C@@H]2CCCCCCCC(=O)O[C@H]3CC[C@@H](CCCCCCCC(=O)O[C@H]1CC2)N[C@H]3C. The van der Waals surface area contributed by atoms with Crippen molar-refractivity contribution in [2.45, 2.75) is 166 Å². The maximum absolute atomic E-state index is 12.3. The largest absolute Gasteiger partial charge is 0.461 e. The molecule has 6 atom stereocenters. The molecule has 6 nitrogen and oxygen atoms in total. The molecule has 196 valence electrons. The quantitative estimate of drug-likeness (QED) is 0.444. The molecule has 6 rings (SSSR count). The molecule has 6 saturated heterocycles. The van der Waals surface area contributed by atoms with Crippen molar-refractivity contribution in [2.75, 3.05) is 0 Å². The second kappa shape index (κ2) is 15.1. The van der Waals surface area contributed by atoms with Crippen LogP contribution in [0.5, 0.6) is 0 Å². The zero-order valence-corrected chi connectivity index (χ0v) is 21.8. The molecule has 0 aliphatic carbocycles. The number of carbonyl (C=O) groups is 2. The fraction of sp³-hybridized carbons (Fsp3) is 0.929. The number of hydrogen-bond acceptors (Lipinski definition) is 6. The number of carbonyl (C=O) groups excluding carboxylic acids is 2. The molecular formula is C28H50N2O4. The van der Waals surface area contributed by atoms with E-state index in [0.29, 0.717) is 24.9 Å². The number of hydrogen-bond donors (Lipinski definition) is 2. The van der Waals surface area contributed by atoms with Gasteiger partial charge in [-0.2, -0.15) is 0 Å². The zero-order chi connectivity index (χ0) is 24.2. The Morgan fingerprint density at radius 2 is 0.912 bits per heavy atom. The predicted octanol–water partition coefficient (Wildman–Crippen LogP) is 5.57. The molecule has 0 aromatic carbocycles. The molecule has 0 aromatic rings. The Hall–Kier alpha value is -1.14. The Labute approximate surface area is 207 Å². The Morgan fingerprint density at radius 3 is 1.32 bits per heavy atom. The summed E-state index contributed by atoms with van der Waals surface area (Å²) in [6, 6.07) is 1.53. The molecule has 0 spiro atoms. The summed E-state index contributed by atoms with van der Waals surface area (Å²) in [4.78, 5) is 24.6. The van der Waals surface area contributed by atoms with Gasteiger partial charge < -0.3 is 20.1 Å². The van der Waals surface area contributed by atoms with Crippen LogP contribution in [0.3, 0.4) is 0 Å². The van der Waals surface area contributed by atoms with E-state index < -0.39 is 0 Å². The molecule has 0 aromatic heterocycles. The Bertz CT molecular complexity index is 561. The Balaban J connectivity index is 1.43. The van der Waals surface area contributed by atoms with Crippen molar-refractivity contribution >= 4 is 11.9 Å². The normalized spacial score (nSPS) is 36.5. The molecule has 6 aliphatic heterocycles. The van der Waals surface area contributed by atoms with Crippen LogP contribution in [0.2, 0.25) is 0 Å². The minimum atomic E-state index is -0.0193. The third-order valence-electron chi connectivity index (χ3n) is 8.14. The molecule has 0 saturated carbocycles. The summed E-state index contributed by atoms with van der Waals surface area (Å²) >= 11 is 0. The number of piperidine rings is 2. The first-order valence-corrected chi connectivity index (χ1v) is 14.4. The molecule has 6 heterocycles. The van der Waals surface area contributed by atoms with Gasteiger partial charge in [-0.1, -0.05) is 51.4 Å². The molecule has 34 heavy (non-hydrogen) atoms. The first-order valence-electron chi connectivity index (χ1n) is 14.4. The summed E-state index contributed by atoms with van der Waals surface area (Å²) in [5.74, 6) is -0.0385. The van der Waals surface area contributed by atoms with Crippen LogP contribution >= 0.6 is 0 Å². The third-order valence-corrected chi connectivity index (χ3v) is 8.14. The molecule has 1 unspecified atom stereocenters. The van der Waals surface area contributed by atoms with Crippen LogP contribution < -0.4 is 10.6 Å². The number of nitrogens with one attached hydrogen (secondary N) is 2. The summed E-state index contributed by atoms with van der Waals surface area (Å²) in [7, 11) is 0. The lowest BCUT2D eigenvalue weighted by Gasteiger charge is -2.35. The van der Waals surface area contributed by atoms with Crippen LogP contribution in [0.1, 0.15) is 129 Å². The van der Waals surface area contributed by atoms with Crippen molar-refractivity contribution in [3.8, 4) is 0 Å². The fourth-order valence-corrected chi connectivity index (χ4v) is 5.97. The molecule has 6 fully saturated rings. The number of esters is 2. The molecule has 0 radical (unpaired) electrons. The molecule has 6 heteroatoms. The van der Waals surface area contributed by atoms with Gasteiger partial charge in [0.05, 0.1) is 0 Å². The van der Waals surface area contributed by atoms with Gasteiger partial charge in [0, 0.05) is 37.0 Å². The summed E-state index contributed by atoms with van der Waals surface area (Å²) in [5, 5.41) is 7.35. The van der Waals surface area contributed by atoms with Crippen molar-refractivity contribution in [2.24, 2.45) is 0 Å². The van der Waals surface area contributed by atoms with Gasteiger partial charge in [-0.3, -0.25) is 9.59 Å². The van der Waals surface area contributed by atoms with Crippen LogP contribution in [0.25, 0.3) is 0 Å². The van der Waals surface area contributed by atoms with Gasteiger partial charge in [0.25, 0.3) is 0 Å². The predicted molar refractivity (Wildman–Crippen MR) is 136 cm³/mol. The summed E-state index contributed by atoms with van der Waals surface area (Å²) < 4.78 is 11.6. The van der Waals surface area contributed by atoms with E-state index >= 15 is 0 Å². The lowest BCUT2D eigenvalue weighted by Crippen LogP contribution is -2.50.